The number of ether oxygens (including phenoxy) is 1. The van der Waals surface area contributed by atoms with Crippen LogP contribution in [0.1, 0.15) is 0 Å². The number of benzene rings is 2. The Morgan fingerprint density at radius 1 is 1.10 bits per heavy atom. The number of halogens is 1. The molecule has 2 aromatic rings. The van der Waals surface area contributed by atoms with Crippen molar-refractivity contribution in [1.82, 2.24) is 5.01 Å². The summed E-state index contributed by atoms with van der Waals surface area (Å²) in [6.07, 6.45) is 0. The van der Waals surface area contributed by atoms with Crippen LogP contribution in [0.5, 0.6) is 5.75 Å². The number of amides is 3. The molecule has 0 aromatic heterocycles. The first kappa shape index (κ1) is 18.9. The molecule has 2 atom stereocenters. The van der Waals surface area contributed by atoms with E-state index in [1.807, 2.05) is 0 Å². The zero-order valence-corrected chi connectivity index (χ0v) is 16.0. The number of hydrogen-bond donors (Lipinski definition) is 1. The molecule has 4 rings (SSSR count). The molecule has 2 aliphatic rings. The summed E-state index contributed by atoms with van der Waals surface area (Å²) in [7, 11) is 1.53. The molecule has 9 nitrogen and oxygen atoms in total. The number of hydrogen-bond acceptors (Lipinski definition) is 7. The van der Waals surface area contributed by atoms with Gasteiger partial charge in [0.25, 0.3) is 11.8 Å². The molecule has 0 aliphatic carbocycles. The van der Waals surface area contributed by atoms with Gasteiger partial charge >= 0.3 is 0 Å². The second-order valence-corrected chi connectivity index (χ2v) is 6.89. The molecule has 3 amide bonds. The van der Waals surface area contributed by atoms with E-state index < -0.39 is 29.8 Å². The summed E-state index contributed by atoms with van der Waals surface area (Å²) in [6, 6.07) is 11.2. The normalized spacial score (nSPS) is 20.2. The minimum atomic E-state index is -0.965. The van der Waals surface area contributed by atoms with Gasteiger partial charge in [-0.3, -0.25) is 19.4 Å². The lowest BCUT2D eigenvalue weighted by atomic mass is 10.1. The van der Waals surface area contributed by atoms with Crippen LogP contribution in [0.3, 0.4) is 0 Å². The van der Waals surface area contributed by atoms with E-state index in [2.05, 4.69) is 15.7 Å². The van der Waals surface area contributed by atoms with Gasteiger partial charge < -0.3 is 10.1 Å². The molecule has 0 bridgehead atoms. The third-order valence-corrected chi connectivity index (χ3v) is 4.87. The van der Waals surface area contributed by atoms with Crippen LogP contribution in [0.2, 0.25) is 5.02 Å². The topological polar surface area (TPSA) is 104 Å². The second-order valence-electron chi connectivity index (χ2n) is 6.46. The molecule has 29 heavy (non-hydrogen) atoms. The van der Waals surface area contributed by atoms with Gasteiger partial charge in [-0.25, -0.2) is 4.90 Å². The molecule has 0 radical (unpaired) electrons. The van der Waals surface area contributed by atoms with Gasteiger partial charge in [-0.05, 0) is 48.5 Å². The standard InChI is InChI=1S/C19H16ClN5O4/c1-29-14-8-6-13(7-9-14)25-18(27)16-17(19(25)28)24(23-22-16)10-15(26)21-12-4-2-11(20)3-5-12/h2-9,16-17H,10H2,1H3,(H,21,26)/t16-,17+/m1/s1. The molecule has 2 heterocycles. The van der Waals surface area contributed by atoms with E-state index in [0.717, 1.165) is 4.90 Å². The zero-order chi connectivity index (χ0) is 20.5. The molecular formula is C19H16ClN5O4. The molecule has 10 heteroatoms. The summed E-state index contributed by atoms with van der Waals surface area (Å²) in [4.78, 5) is 39.0. The number of methoxy groups -OCH3 is 1. The Morgan fingerprint density at radius 3 is 2.45 bits per heavy atom. The average molecular weight is 414 g/mol. The summed E-state index contributed by atoms with van der Waals surface area (Å²) < 4.78 is 5.09. The first-order valence-corrected chi connectivity index (χ1v) is 9.10. The van der Waals surface area contributed by atoms with Crippen LogP contribution in [-0.2, 0) is 14.4 Å². The van der Waals surface area contributed by atoms with Gasteiger partial charge in [-0.2, -0.15) is 5.11 Å². The number of nitrogens with one attached hydrogen (secondary N) is 1. The maximum Gasteiger partial charge on any atom is 0.263 e. The molecule has 1 saturated heterocycles. The van der Waals surface area contributed by atoms with Crippen LogP contribution < -0.4 is 15.0 Å². The highest BCUT2D eigenvalue weighted by molar-refractivity contribution is 6.30. The summed E-state index contributed by atoms with van der Waals surface area (Å²) >= 11 is 5.83. The molecule has 0 spiro atoms. The van der Waals surface area contributed by atoms with E-state index in [0.29, 0.717) is 22.1 Å². The Morgan fingerprint density at radius 2 is 1.79 bits per heavy atom. The lowest BCUT2D eigenvalue weighted by molar-refractivity contribution is -0.123. The fourth-order valence-corrected chi connectivity index (χ4v) is 3.35. The van der Waals surface area contributed by atoms with E-state index in [1.165, 1.54) is 12.1 Å². The van der Waals surface area contributed by atoms with Crippen molar-refractivity contribution in [2.45, 2.75) is 12.1 Å². The van der Waals surface area contributed by atoms with Gasteiger partial charge in [0.1, 0.15) is 12.3 Å². The predicted molar refractivity (Wildman–Crippen MR) is 105 cm³/mol. The van der Waals surface area contributed by atoms with E-state index >= 15 is 0 Å². The van der Waals surface area contributed by atoms with Crippen molar-refractivity contribution in [2.75, 3.05) is 23.9 Å². The van der Waals surface area contributed by atoms with E-state index in [-0.39, 0.29) is 6.54 Å². The number of rotatable bonds is 5. The molecule has 148 valence electrons. The SMILES string of the molecule is COc1ccc(N2C(=O)[C@@H]3[C@@H](N=NN3CC(=O)Nc3ccc(Cl)cc3)C2=O)cc1. The van der Waals surface area contributed by atoms with E-state index in [1.54, 1.807) is 48.5 Å². The molecule has 1 N–H and O–H groups in total. The van der Waals surface area contributed by atoms with Crippen LogP contribution in [0.25, 0.3) is 0 Å². The van der Waals surface area contributed by atoms with Crippen molar-refractivity contribution in [3.05, 3.63) is 53.6 Å². The van der Waals surface area contributed by atoms with Gasteiger partial charge in [0.05, 0.1) is 12.8 Å². The number of carbonyl (C=O) groups is 3. The Kier molecular flexibility index (Phi) is 4.89. The fourth-order valence-electron chi connectivity index (χ4n) is 3.22. The number of nitrogens with zero attached hydrogens (tertiary/aromatic N) is 4. The third-order valence-electron chi connectivity index (χ3n) is 4.62. The maximum atomic E-state index is 12.9. The first-order chi connectivity index (χ1) is 14.0. The van der Waals surface area contributed by atoms with Gasteiger partial charge in [-0.15, -0.1) is 0 Å². The first-order valence-electron chi connectivity index (χ1n) is 8.72. The van der Waals surface area contributed by atoms with Crippen molar-refractivity contribution in [1.29, 1.82) is 0 Å². The Bertz CT molecular complexity index is 993. The number of carbonyl (C=O) groups excluding carboxylic acids is 3. The van der Waals surface area contributed by atoms with Crippen LogP contribution >= 0.6 is 11.6 Å². The quantitative estimate of drug-likeness (QED) is 0.757. The largest absolute Gasteiger partial charge is 0.497 e. The van der Waals surface area contributed by atoms with Gasteiger partial charge in [0, 0.05) is 10.7 Å². The molecule has 2 aromatic carbocycles. The Labute approximate surface area is 170 Å². The summed E-state index contributed by atoms with van der Waals surface area (Å²) in [5.74, 6) is -0.743. The van der Waals surface area contributed by atoms with Crippen molar-refractivity contribution < 1.29 is 19.1 Å². The number of anilines is 2. The van der Waals surface area contributed by atoms with Gasteiger partial charge in [0.15, 0.2) is 12.1 Å². The van der Waals surface area contributed by atoms with Crippen molar-refractivity contribution in [3.63, 3.8) is 0 Å². The smallest absolute Gasteiger partial charge is 0.263 e. The van der Waals surface area contributed by atoms with Gasteiger partial charge in [-0.1, -0.05) is 16.8 Å². The lowest BCUT2D eigenvalue weighted by Crippen LogP contribution is -2.43. The maximum absolute atomic E-state index is 12.9. The predicted octanol–water partition coefficient (Wildman–Crippen LogP) is 2.28. The van der Waals surface area contributed by atoms with Gasteiger partial charge in [0.2, 0.25) is 5.91 Å². The highest BCUT2D eigenvalue weighted by Gasteiger charge is 2.55. The monoisotopic (exact) mass is 413 g/mol. The summed E-state index contributed by atoms with van der Waals surface area (Å²) in [5.41, 5.74) is 0.969. The highest BCUT2D eigenvalue weighted by Crippen LogP contribution is 2.32. The van der Waals surface area contributed by atoms with Crippen molar-refractivity contribution >= 4 is 40.7 Å². The van der Waals surface area contributed by atoms with Crippen LogP contribution in [-0.4, -0.2) is 48.5 Å². The number of imide groups is 1. The molecule has 0 unspecified atom stereocenters. The third kappa shape index (κ3) is 3.52. The van der Waals surface area contributed by atoms with Crippen molar-refractivity contribution in [2.24, 2.45) is 10.3 Å². The summed E-state index contributed by atoms with van der Waals surface area (Å²) in [6.45, 7) is -0.219. The van der Waals surface area contributed by atoms with E-state index in [4.69, 9.17) is 16.3 Å². The van der Waals surface area contributed by atoms with Crippen LogP contribution in [0, 0.1) is 0 Å². The van der Waals surface area contributed by atoms with Crippen LogP contribution in [0.4, 0.5) is 11.4 Å². The molecule has 1 fully saturated rings. The Balaban J connectivity index is 1.47. The summed E-state index contributed by atoms with van der Waals surface area (Å²) in [5, 5.41) is 12.2. The minimum Gasteiger partial charge on any atom is -0.497 e. The Hall–Kier alpha value is -3.46. The molecule has 0 saturated carbocycles. The minimum absolute atomic E-state index is 0.219. The highest BCUT2D eigenvalue weighted by atomic mass is 35.5. The molecular weight excluding hydrogens is 398 g/mol. The average Bonchev–Trinajstić information content (AvgIpc) is 3.23. The van der Waals surface area contributed by atoms with Crippen LogP contribution in [0.15, 0.2) is 58.9 Å². The van der Waals surface area contributed by atoms with Crippen molar-refractivity contribution in [3.8, 4) is 5.75 Å². The second kappa shape index (κ2) is 7.51. The fraction of sp³-hybridized carbons (Fsp3) is 0.211. The number of fused-ring (bicyclic) bond motifs is 1. The lowest BCUT2D eigenvalue weighted by Gasteiger charge is -2.20. The molecule has 2 aliphatic heterocycles. The zero-order valence-electron chi connectivity index (χ0n) is 15.3. The van der Waals surface area contributed by atoms with E-state index in [9.17, 15) is 14.4 Å².